The summed E-state index contributed by atoms with van der Waals surface area (Å²) in [4.78, 5) is 18.1. The summed E-state index contributed by atoms with van der Waals surface area (Å²) in [6.07, 6.45) is 1.33. The van der Waals surface area contributed by atoms with Crippen molar-refractivity contribution in [1.29, 1.82) is 0 Å². The summed E-state index contributed by atoms with van der Waals surface area (Å²) < 4.78 is 19.4. The summed E-state index contributed by atoms with van der Waals surface area (Å²) in [7, 11) is 1.70. The van der Waals surface area contributed by atoms with Crippen LogP contribution in [0.3, 0.4) is 0 Å². The van der Waals surface area contributed by atoms with Crippen molar-refractivity contribution >= 4 is 11.9 Å². The Morgan fingerprint density at radius 2 is 1.90 bits per heavy atom. The SMILES string of the molecule is CN=C(NCc1ccccc1CN1CCCC1=O)NCC(C)Oc1ccccc1F. The maximum atomic E-state index is 13.7. The van der Waals surface area contributed by atoms with Gasteiger partial charge in [0, 0.05) is 33.1 Å². The van der Waals surface area contributed by atoms with Crippen LogP contribution in [0.1, 0.15) is 30.9 Å². The van der Waals surface area contributed by atoms with Crippen molar-refractivity contribution < 1.29 is 13.9 Å². The minimum absolute atomic E-state index is 0.221. The van der Waals surface area contributed by atoms with Crippen molar-refractivity contribution in [3.05, 3.63) is 65.5 Å². The lowest BCUT2D eigenvalue weighted by molar-refractivity contribution is -0.128. The van der Waals surface area contributed by atoms with Crippen molar-refractivity contribution in [1.82, 2.24) is 15.5 Å². The highest BCUT2D eigenvalue weighted by Gasteiger charge is 2.20. The summed E-state index contributed by atoms with van der Waals surface area (Å²) in [5.41, 5.74) is 2.25. The molecule has 1 heterocycles. The van der Waals surface area contributed by atoms with E-state index in [9.17, 15) is 9.18 Å². The lowest BCUT2D eigenvalue weighted by Crippen LogP contribution is -2.41. The van der Waals surface area contributed by atoms with E-state index in [0.717, 1.165) is 24.1 Å². The average molecular weight is 413 g/mol. The number of ether oxygens (including phenoxy) is 1. The zero-order valence-electron chi connectivity index (χ0n) is 17.5. The van der Waals surface area contributed by atoms with E-state index in [1.165, 1.54) is 6.07 Å². The third-order valence-corrected chi connectivity index (χ3v) is 5.04. The molecule has 2 aromatic rings. The fraction of sp³-hybridized carbons (Fsp3) is 0.391. The number of para-hydroxylation sites is 1. The molecule has 0 radical (unpaired) electrons. The molecule has 0 saturated carbocycles. The van der Waals surface area contributed by atoms with Crippen LogP contribution < -0.4 is 15.4 Å². The molecule has 3 rings (SSSR count). The first kappa shape index (κ1) is 21.6. The Bertz CT molecular complexity index is 887. The topological polar surface area (TPSA) is 66.0 Å². The Kier molecular flexibility index (Phi) is 7.65. The molecule has 160 valence electrons. The normalized spacial score (nSPS) is 15.2. The number of benzene rings is 2. The van der Waals surface area contributed by atoms with Gasteiger partial charge in [-0.2, -0.15) is 0 Å². The molecule has 1 atom stereocenters. The lowest BCUT2D eigenvalue weighted by atomic mass is 10.1. The number of aliphatic imine (C=N–C) groups is 1. The molecule has 1 amide bonds. The lowest BCUT2D eigenvalue weighted by Gasteiger charge is -2.20. The Hall–Kier alpha value is -3.09. The highest BCUT2D eigenvalue weighted by atomic mass is 19.1. The second-order valence-electron chi connectivity index (χ2n) is 7.35. The molecule has 6 nitrogen and oxygen atoms in total. The minimum Gasteiger partial charge on any atom is -0.486 e. The fourth-order valence-corrected chi connectivity index (χ4v) is 3.40. The number of hydrogen-bond donors (Lipinski definition) is 2. The van der Waals surface area contributed by atoms with Gasteiger partial charge in [0.05, 0.1) is 6.54 Å². The molecule has 2 aromatic carbocycles. The van der Waals surface area contributed by atoms with E-state index in [1.807, 2.05) is 24.0 Å². The van der Waals surface area contributed by atoms with Crippen LogP contribution in [0, 0.1) is 5.82 Å². The number of rotatable bonds is 8. The van der Waals surface area contributed by atoms with Gasteiger partial charge >= 0.3 is 0 Å². The molecule has 1 fully saturated rings. The second kappa shape index (κ2) is 10.6. The van der Waals surface area contributed by atoms with E-state index in [2.05, 4.69) is 27.8 Å². The molecule has 2 N–H and O–H groups in total. The van der Waals surface area contributed by atoms with E-state index in [0.29, 0.717) is 32.0 Å². The van der Waals surface area contributed by atoms with Crippen molar-refractivity contribution in [3.63, 3.8) is 0 Å². The standard InChI is InChI=1S/C23H29FN4O2/c1-17(30-21-11-6-5-10-20(21)24)14-26-23(25-2)27-15-18-8-3-4-9-19(18)16-28-13-7-12-22(28)29/h3-6,8-11,17H,7,12-16H2,1-2H3,(H2,25,26,27). The van der Waals surface area contributed by atoms with E-state index in [-0.39, 0.29) is 23.6 Å². The van der Waals surface area contributed by atoms with Crippen molar-refractivity contribution in [2.75, 3.05) is 20.1 Å². The number of likely N-dealkylation sites (tertiary alicyclic amines) is 1. The molecule has 1 aliphatic heterocycles. The van der Waals surface area contributed by atoms with E-state index in [4.69, 9.17) is 4.74 Å². The number of carbonyl (C=O) groups excluding carboxylic acids is 1. The number of hydrogen-bond acceptors (Lipinski definition) is 3. The van der Waals surface area contributed by atoms with Crippen LogP contribution in [-0.2, 0) is 17.9 Å². The zero-order chi connectivity index (χ0) is 21.3. The van der Waals surface area contributed by atoms with Crippen LogP contribution in [0.5, 0.6) is 5.75 Å². The molecule has 30 heavy (non-hydrogen) atoms. The number of nitrogens with one attached hydrogen (secondary N) is 2. The molecule has 0 aliphatic carbocycles. The molecule has 7 heteroatoms. The van der Waals surface area contributed by atoms with Gasteiger partial charge in [0.25, 0.3) is 0 Å². The number of carbonyl (C=O) groups is 1. The predicted molar refractivity (Wildman–Crippen MR) is 116 cm³/mol. The molecule has 1 unspecified atom stereocenters. The third kappa shape index (κ3) is 5.95. The summed E-state index contributed by atoms with van der Waals surface area (Å²) in [6.45, 7) is 4.38. The molecular formula is C23H29FN4O2. The van der Waals surface area contributed by atoms with Crippen molar-refractivity contribution in [2.45, 2.75) is 39.0 Å². The first-order chi connectivity index (χ1) is 14.6. The summed E-state index contributed by atoms with van der Waals surface area (Å²) >= 11 is 0. The Morgan fingerprint density at radius 1 is 1.17 bits per heavy atom. The predicted octanol–water partition coefficient (Wildman–Crippen LogP) is 3.08. The molecule has 0 aromatic heterocycles. The Balaban J connectivity index is 1.51. The van der Waals surface area contributed by atoms with Gasteiger partial charge < -0.3 is 20.3 Å². The summed E-state index contributed by atoms with van der Waals surface area (Å²) in [6, 6.07) is 14.5. The molecule has 1 aliphatic rings. The highest BCUT2D eigenvalue weighted by Crippen LogP contribution is 2.18. The Labute approximate surface area is 177 Å². The molecule has 0 bridgehead atoms. The van der Waals surface area contributed by atoms with Gasteiger partial charge in [0.15, 0.2) is 17.5 Å². The maximum absolute atomic E-state index is 13.7. The number of halogens is 1. The van der Waals surface area contributed by atoms with Crippen LogP contribution in [0.2, 0.25) is 0 Å². The fourth-order valence-electron chi connectivity index (χ4n) is 3.40. The average Bonchev–Trinajstić information content (AvgIpc) is 3.15. The minimum atomic E-state index is -0.375. The quantitative estimate of drug-likeness (QED) is 0.517. The van der Waals surface area contributed by atoms with E-state index >= 15 is 0 Å². The Morgan fingerprint density at radius 3 is 2.60 bits per heavy atom. The van der Waals surface area contributed by atoms with E-state index in [1.54, 1.807) is 25.2 Å². The molecular weight excluding hydrogens is 383 g/mol. The zero-order valence-corrected chi connectivity index (χ0v) is 17.5. The van der Waals surface area contributed by atoms with Crippen LogP contribution in [-0.4, -0.2) is 43.0 Å². The van der Waals surface area contributed by atoms with Crippen LogP contribution in [0.4, 0.5) is 4.39 Å². The number of guanidine groups is 1. The van der Waals surface area contributed by atoms with Crippen molar-refractivity contribution in [2.24, 2.45) is 4.99 Å². The van der Waals surface area contributed by atoms with Gasteiger partial charge in [0.1, 0.15) is 6.10 Å². The van der Waals surface area contributed by atoms with Crippen molar-refractivity contribution in [3.8, 4) is 5.75 Å². The third-order valence-electron chi connectivity index (χ3n) is 5.04. The van der Waals surface area contributed by atoms with Gasteiger partial charge in [-0.05, 0) is 36.6 Å². The largest absolute Gasteiger partial charge is 0.486 e. The highest BCUT2D eigenvalue weighted by molar-refractivity contribution is 5.79. The van der Waals surface area contributed by atoms with Gasteiger partial charge in [-0.3, -0.25) is 9.79 Å². The molecule has 0 spiro atoms. The van der Waals surface area contributed by atoms with Gasteiger partial charge in [-0.15, -0.1) is 0 Å². The summed E-state index contributed by atoms with van der Waals surface area (Å²) in [5, 5.41) is 6.50. The second-order valence-corrected chi connectivity index (χ2v) is 7.35. The van der Waals surface area contributed by atoms with Gasteiger partial charge in [-0.25, -0.2) is 4.39 Å². The van der Waals surface area contributed by atoms with Gasteiger partial charge in [-0.1, -0.05) is 36.4 Å². The number of nitrogens with zero attached hydrogens (tertiary/aromatic N) is 2. The first-order valence-corrected chi connectivity index (χ1v) is 10.3. The monoisotopic (exact) mass is 412 g/mol. The van der Waals surface area contributed by atoms with Gasteiger partial charge in [0.2, 0.25) is 5.91 Å². The van der Waals surface area contributed by atoms with Crippen LogP contribution >= 0.6 is 0 Å². The smallest absolute Gasteiger partial charge is 0.222 e. The van der Waals surface area contributed by atoms with E-state index < -0.39 is 0 Å². The first-order valence-electron chi connectivity index (χ1n) is 10.3. The molecule has 1 saturated heterocycles. The van der Waals surface area contributed by atoms with Crippen LogP contribution in [0.15, 0.2) is 53.5 Å². The number of amides is 1. The van der Waals surface area contributed by atoms with Crippen LogP contribution in [0.25, 0.3) is 0 Å². The maximum Gasteiger partial charge on any atom is 0.222 e. The summed E-state index contributed by atoms with van der Waals surface area (Å²) in [5.74, 6) is 0.713.